The first kappa shape index (κ1) is 30.5. The highest BCUT2D eigenvalue weighted by Crippen LogP contribution is 2.53. The van der Waals surface area contributed by atoms with Gasteiger partial charge in [0.1, 0.15) is 11.4 Å². The molecule has 14 heteroatoms. The fourth-order valence-corrected chi connectivity index (χ4v) is 6.40. The molecule has 0 spiro atoms. The Balaban J connectivity index is 1.43. The maximum absolute atomic E-state index is 15.3. The van der Waals surface area contributed by atoms with E-state index in [1.807, 2.05) is 0 Å². The van der Waals surface area contributed by atoms with Crippen molar-refractivity contribution in [3.63, 3.8) is 0 Å². The highest BCUT2D eigenvalue weighted by atomic mass is 35.5. The molecule has 0 bridgehead atoms. The second-order valence-corrected chi connectivity index (χ2v) is 12.0. The molecule has 1 N–H and O–H groups in total. The van der Waals surface area contributed by atoms with Gasteiger partial charge in [-0.1, -0.05) is 23.7 Å². The predicted octanol–water partition coefficient (Wildman–Crippen LogP) is 5.29. The molecule has 0 saturated heterocycles. The number of rotatable bonds is 8. The number of nitrogens with zero attached hydrogens (tertiary/aromatic N) is 6. The van der Waals surface area contributed by atoms with E-state index in [0.29, 0.717) is 24.2 Å². The molecule has 2 aromatic carbocycles. The quantitative estimate of drug-likeness (QED) is 0.261. The molecule has 10 nitrogen and oxygen atoms in total. The standard InChI is InChI=1S/C31H28ClF3N6O4/c1-38(15-17-14-36-39(2)16-17)28(42)18-6-9-21-25(13-18)40(37-27(21)20-8-7-19(30(44)45)12-24(20)33)29(43)26-22(4-3-5-23(26)32)31(10-11-31)41(34)35/h3-5,7-8,12,14,16,18H,6,9-11,13,15H2,1-2H3,(H,44,45). The molecule has 1 amide bonds. The van der Waals surface area contributed by atoms with Crippen molar-refractivity contribution in [3.8, 4) is 11.3 Å². The molecular formula is C31H28ClF3N6O4. The third kappa shape index (κ3) is 5.39. The summed E-state index contributed by atoms with van der Waals surface area (Å²) in [5.41, 5.74) is -0.278. The molecule has 1 unspecified atom stereocenters. The summed E-state index contributed by atoms with van der Waals surface area (Å²) in [5, 5.41) is 17.0. The van der Waals surface area contributed by atoms with Gasteiger partial charge >= 0.3 is 5.97 Å². The lowest BCUT2D eigenvalue weighted by Gasteiger charge is -2.27. The Morgan fingerprint density at radius 3 is 2.56 bits per heavy atom. The Morgan fingerprint density at radius 2 is 1.93 bits per heavy atom. The molecule has 6 rings (SSSR count). The monoisotopic (exact) mass is 640 g/mol. The van der Waals surface area contributed by atoms with E-state index in [0.717, 1.165) is 16.3 Å². The van der Waals surface area contributed by atoms with Gasteiger partial charge in [-0.3, -0.25) is 14.3 Å². The van der Waals surface area contributed by atoms with E-state index in [4.69, 9.17) is 11.6 Å². The van der Waals surface area contributed by atoms with E-state index in [2.05, 4.69) is 10.2 Å². The number of halogens is 4. The SMILES string of the molecule is CN(Cc1cnn(C)c1)C(=O)C1CCc2c(-c3ccc(C(=O)O)cc3F)nn(C(=O)c3c(Cl)cccc3C3(N(F)F)CC3)c2C1. The molecule has 234 valence electrons. The van der Waals surface area contributed by atoms with Crippen molar-refractivity contribution >= 4 is 29.4 Å². The largest absolute Gasteiger partial charge is 0.478 e. The fraction of sp³-hybridized carbons (Fsp3) is 0.323. The van der Waals surface area contributed by atoms with Gasteiger partial charge in [0.25, 0.3) is 5.91 Å². The normalized spacial score (nSPS) is 16.8. The van der Waals surface area contributed by atoms with E-state index in [1.54, 1.807) is 36.1 Å². The Bertz CT molecular complexity index is 1850. The number of amides is 1. The zero-order valence-electron chi connectivity index (χ0n) is 24.3. The first-order valence-electron chi connectivity index (χ1n) is 14.2. The van der Waals surface area contributed by atoms with Crippen molar-refractivity contribution in [2.75, 3.05) is 7.05 Å². The fourth-order valence-electron chi connectivity index (χ4n) is 6.15. The van der Waals surface area contributed by atoms with Crippen molar-refractivity contribution in [2.24, 2.45) is 13.0 Å². The predicted molar refractivity (Wildman–Crippen MR) is 156 cm³/mol. The summed E-state index contributed by atoms with van der Waals surface area (Å²) in [6.07, 6.45) is 4.41. The number of carboxylic acids is 1. The molecule has 2 aliphatic rings. The van der Waals surface area contributed by atoms with Gasteiger partial charge in [-0.2, -0.15) is 14.9 Å². The summed E-state index contributed by atoms with van der Waals surface area (Å²) >= 11 is 6.48. The first-order valence-corrected chi connectivity index (χ1v) is 14.6. The average molecular weight is 641 g/mol. The van der Waals surface area contributed by atoms with Crippen LogP contribution in [0.15, 0.2) is 48.8 Å². The molecule has 1 saturated carbocycles. The molecule has 0 aliphatic heterocycles. The number of aromatic nitrogens is 4. The molecule has 1 fully saturated rings. The number of hydrogen-bond donors (Lipinski definition) is 1. The van der Waals surface area contributed by atoms with Crippen LogP contribution >= 0.6 is 11.6 Å². The topological polar surface area (TPSA) is 114 Å². The van der Waals surface area contributed by atoms with Crippen LogP contribution in [0.25, 0.3) is 11.3 Å². The van der Waals surface area contributed by atoms with Crippen molar-refractivity contribution in [1.29, 1.82) is 0 Å². The Labute approximate surface area is 260 Å². The summed E-state index contributed by atoms with van der Waals surface area (Å²) < 4.78 is 46.1. The van der Waals surface area contributed by atoms with Crippen LogP contribution in [-0.2, 0) is 36.8 Å². The third-order valence-electron chi connectivity index (χ3n) is 8.62. The van der Waals surface area contributed by atoms with E-state index >= 15 is 4.39 Å². The van der Waals surface area contributed by atoms with Gasteiger partial charge in [0, 0.05) is 61.2 Å². The Morgan fingerprint density at radius 1 is 1.18 bits per heavy atom. The van der Waals surface area contributed by atoms with Crippen LogP contribution < -0.4 is 0 Å². The van der Waals surface area contributed by atoms with E-state index in [9.17, 15) is 28.5 Å². The van der Waals surface area contributed by atoms with E-state index < -0.39 is 34.5 Å². The lowest BCUT2D eigenvalue weighted by Crippen LogP contribution is -2.36. The van der Waals surface area contributed by atoms with Gasteiger partial charge in [-0.25, -0.2) is 9.18 Å². The second kappa shape index (κ2) is 11.5. The number of aryl methyl sites for hydroxylation is 1. The van der Waals surface area contributed by atoms with Gasteiger partial charge in [0.05, 0.1) is 33.7 Å². The van der Waals surface area contributed by atoms with E-state index in [-0.39, 0.29) is 64.6 Å². The van der Waals surface area contributed by atoms with Crippen LogP contribution in [0.2, 0.25) is 5.02 Å². The minimum absolute atomic E-state index is 0.0296. The van der Waals surface area contributed by atoms with Crippen LogP contribution in [0.4, 0.5) is 13.4 Å². The Kier molecular flexibility index (Phi) is 7.77. The summed E-state index contributed by atoms with van der Waals surface area (Å²) in [7, 11) is 3.44. The summed E-state index contributed by atoms with van der Waals surface area (Å²) in [5.74, 6) is -3.68. The lowest BCUT2D eigenvalue weighted by atomic mass is 9.84. The number of fused-ring (bicyclic) bond motifs is 1. The van der Waals surface area contributed by atoms with Crippen LogP contribution in [0.1, 0.15) is 62.4 Å². The molecule has 1 atom stereocenters. The minimum Gasteiger partial charge on any atom is -0.478 e. The number of carboxylic acid groups (broad SMARTS) is 1. The number of carbonyl (C=O) groups is 3. The first-order chi connectivity index (χ1) is 21.4. The third-order valence-corrected chi connectivity index (χ3v) is 8.93. The van der Waals surface area contributed by atoms with Crippen LogP contribution in [0.5, 0.6) is 0 Å². The number of hydrogen-bond acceptors (Lipinski definition) is 6. The smallest absolute Gasteiger partial charge is 0.335 e. The van der Waals surface area contributed by atoms with Crippen molar-refractivity contribution in [1.82, 2.24) is 29.8 Å². The van der Waals surface area contributed by atoms with Crippen LogP contribution in [0, 0.1) is 11.7 Å². The van der Waals surface area contributed by atoms with Crippen molar-refractivity contribution < 1.29 is 32.8 Å². The lowest BCUT2D eigenvalue weighted by molar-refractivity contribution is -0.202. The summed E-state index contributed by atoms with van der Waals surface area (Å²) in [4.78, 5) is 40.8. The second-order valence-electron chi connectivity index (χ2n) is 11.6. The molecule has 4 aromatic rings. The molecular weight excluding hydrogens is 613 g/mol. The van der Waals surface area contributed by atoms with Crippen LogP contribution in [-0.4, -0.2) is 59.7 Å². The highest BCUT2D eigenvalue weighted by molar-refractivity contribution is 6.34. The van der Waals surface area contributed by atoms with Gasteiger partial charge < -0.3 is 10.0 Å². The zero-order valence-corrected chi connectivity index (χ0v) is 25.1. The van der Waals surface area contributed by atoms with Gasteiger partial charge in [0.15, 0.2) is 0 Å². The van der Waals surface area contributed by atoms with Crippen molar-refractivity contribution in [3.05, 3.63) is 93.1 Å². The van der Waals surface area contributed by atoms with E-state index in [1.165, 1.54) is 30.3 Å². The maximum Gasteiger partial charge on any atom is 0.335 e. The minimum atomic E-state index is -1.67. The van der Waals surface area contributed by atoms with Gasteiger partial charge in [-0.15, -0.1) is 8.96 Å². The number of carbonyl (C=O) groups excluding carboxylic acids is 2. The molecule has 0 radical (unpaired) electrons. The van der Waals surface area contributed by atoms with Gasteiger partial charge in [-0.05, 0) is 55.5 Å². The maximum atomic E-state index is 15.3. The number of benzene rings is 2. The highest BCUT2D eigenvalue weighted by Gasteiger charge is 2.54. The zero-order chi connectivity index (χ0) is 32.2. The summed E-state index contributed by atoms with van der Waals surface area (Å²) in [6.45, 7) is 0.314. The molecule has 2 aromatic heterocycles. The molecule has 2 heterocycles. The average Bonchev–Trinajstić information content (AvgIpc) is 3.60. The number of aromatic carboxylic acids is 1. The Hall–Kier alpha value is -4.49. The summed E-state index contributed by atoms with van der Waals surface area (Å²) in [6, 6.07) is 7.73. The molecule has 2 aliphatic carbocycles. The van der Waals surface area contributed by atoms with Crippen LogP contribution in [0.3, 0.4) is 0 Å². The van der Waals surface area contributed by atoms with Gasteiger partial charge in [0.2, 0.25) is 5.91 Å². The van der Waals surface area contributed by atoms with Crippen molar-refractivity contribution in [2.45, 2.75) is 44.2 Å². The molecule has 45 heavy (non-hydrogen) atoms.